The van der Waals surface area contributed by atoms with E-state index in [1.807, 2.05) is 13.8 Å². The first kappa shape index (κ1) is 12.8. The summed E-state index contributed by atoms with van der Waals surface area (Å²) in [6.07, 6.45) is 0. The number of aromatic amines is 1. The monoisotopic (exact) mass is 267 g/mol. The molecule has 5 heteroatoms. The number of ether oxygens (including phenoxy) is 1. The number of halogens is 1. The SMILES string of the molecule is COC(=O)c1ccc(-c2cc(F)c(C(C)C)s2)[nH]1. The van der Waals surface area contributed by atoms with Crippen molar-refractivity contribution in [3.8, 4) is 10.6 Å². The summed E-state index contributed by atoms with van der Waals surface area (Å²) in [5.74, 6) is -0.472. The molecule has 3 nitrogen and oxygen atoms in total. The number of methoxy groups -OCH3 is 1. The van der Waals surface area contributed by atoms with Crippen molar-refractivity contribution >= 4 is 17.3 Å². The molecule has 96 valence electrons. The van der Waals surface area contributed by atoms with Crippen LogP contribution < -0.4 is 0 Å². The van der Waals surface area contributed by atoms with Gasteiger partial charge in [-0.25, -0.2) is 9.18 Å². The van der Waals surface area contributed by atoms with Crippen molar-refractivity contribution in [2.75, 3.05) is 7.11 Å². The summed E-state index contributed by atoms with van der Waals surface area (Å²) in [5, 5.41) is 0. The molecule has 0 fully saturated rings. The molecule has 0 aromatic carbocycles. The Labute approximate surface area is 109 Å². The topological polar surface area (TPSA) is 42.1 Å². The highest BCUT2D eigenvalue weighted by Crippen LogP contribution is 2.34. The zero-order chi connectivity index (χ0) is 13.3. The highest BCUT2D eigenvalue weighted by Gasteiger charge is 2.15. The lowest BCUT2D eigenvalue weighted by molar-refractivity contribution is 0.0595. The van der Waals surface area contributed by atoms with Gasteiger partial charge in [0, 0.05) is 4.88 Å². The minimum atomic E-state index is -0.428. The number of esters is 1. The van der Waals surface area contributed by atoms with Crippen LogP contribution in [0.5, 0.6) is 0 Å². The number of aromatic nitrogens is 1. The summed E-state index contributed by atoms with van der Waals surface area (Å²) >= 11 is 1.39. The van der Waals surface area contributed by atoms with Gasteiger partial charge in [0.1, 0.15) is 11.5 Å². The molecule has 1 N–H and O–H groups in total. The van der Waals surface area contributed by atoms with E-state index in [1.165, 1.54) is 24.5 Å². The highest BCUT2D eigenvalue weighted by atomic mass is 32.1. The third kappa shape index (κ3) is 2.31. The van der Waals surface area contributed by atoms with E-state index in [2.05, 4.69) is 9.72 Å². The molecule has 0 radical (unpaired) electrons. The standard InChI is InChI=1S/C13H14FNO2S/c1-7(2)12-8(14)6-11(18-12)9-4-5-10(15-9)13(16)17-3/h4-7,15H,1-3H3. The molecule has 0 spiro atoms. The Morgan fingerprint density at radius 1 is 1.44 bits per heavy atom. The normalized spacial score (nSPS) is 10.9. The minimum Gasteiger partial charge on any atom is -0.464 e. The van der Waals surface area contributed by atoms with Crippen LogP contribution in [0.25, 0.3) is 10.6 Å². The van der Waals surface area contributed by atoms with E-state index in [9.17, 15) is 9.18 Å². The fraction of sp³-hybridized carbons (Fsp3) is 0.308. The predicted molar refractivity (Wildman–Crippen MR) is 69.5 cm³/mol. The van der Waals surface area contributed by atoms with Gasteiger partial charge in [-0.05, 0) is 24.1 Å². The fourth-order valence-electron chi connectivity index (χ4n) is 1.68. The lowest BCUT2D eigenvalue weighted by Crippen LogP contribution is -2.00. The van der Waals surface area contributed by atoms with Gasteiger partial charge in [0.2, 0.25) is 0 Å². The number of rotatable bonds is 3. The maximum Gasteiger partial charge on any atom is 0.354 e. The largest absolute Gasteiger partial charge is 0.464 e. The molecule has 18 heavy (non-hydrogen) atoms. The van der Waals surface area contributed by atoms with E-state index in [-0.39, 0.29) is 11.7 Å². The van der Waals surface area contributed by atoms with E-state index in [4.69, 9.17) is 0 Å². The molecule has 0 amide bonds. The summed E-state index contributed by atoms with van der Waals surface area (Å²) < 4.78 is 18.3. The highest BCUT2D eigenvalue weighted by molar-refractivity contribution is 7.15. The van der Waals surface area contributed by atoms with Crippen LogP contribution in [-0.2, 0) is 4.74 Å². The Morgan fingerprint density at radius 3 is 2.72 bits per heavy atom. The Hall–Kier alpha value is -1.62. The van der Waals surface area contributed by atoms with Crippen molar-refractivity contribution in [1.29, 1.82) is 0 Å². The van der Waals surface area contributed by atoms with E-state index < -0.39 is 5.97 Å². The van der Waals surface area contributed by atoms with Gasteiger partial charge in [-0.15, -0.1) is 11.3 Å². The molecule has 2 rings (SSSR count). The van der Waals surface area contributed by atoms with Crippen LogP contribution in [0.2, 0.25) is 0 Å². The number of carbonyl (C=O) groups excluding carboxylic acids is 1. The second-order valence-corrected chi connectivity index (χ2v) is 5.34. The van der Waals surface area contributed by atoms with Crippen LogP contribution in [0, 0.1) is 5.82 Å². The van der Waals surface area contributed by atoms with Crippen molar-refractivity contribution in [1.82, 2.24) is 4.98 Å². The number of nitrogens with one attached hydrogen (secondary N) is 1. The summed E-state index contributed by atoms with van der Waals surface area (Å²) in [5.41, 5.74) is 1.10. The smallest absolute Gasteiger partial charge is 0.354 e. The van der Waals surface area contributed by atoms with E-state index in [0.29, 0.717) is 5.69 Å². The van der Waals surface area contributed by atoms with Crippen LogP contribution in [0.1, 0.15) is 35.1 Å². The molecule has 0 bridgehead atoms. The average molecular weight is 267 g/mol. The van der Waals surface area contributed by atoms with Crippen molar-refractivity contribution in [2.24, 2.45) is 0 Å². The molecular weight excluding hydrogens is 253 g/mol. The maximum atomic E-state index is 13.7. The van der Waals surface area contributed by atoms with Gasteiger partial charge in [-0.3, -0.25) is 0 Å². The van der Waals surface area contributed by atoms with E-state index in [0.717, 1.165) is 15.4 Å². The first-order valence-electron chi connectivity index (χ1n) is 5.60. The number of hydrogen-bond donors (Lipinski definition) is 1. The second-order valence-electron chi connectivity index (χ2n) is 4.25. The van der Waals surface area contributed by atoms with Crippen molar-refractivity contribution in [2.45, 2.75) is 19.8 Å². The Morgan fingerprint density at radius 2 is 2.17 bits per heavy atom. The van der Waals surface area contributed by atoms with Crippen LogP contribution in [0.3, 0.4) is 0 Å². The van der Waals surface area contributed by atoms with Gasteiger partial charge in [0.25, 0.3) is 0 Å². The van der Waals surface area contributed by atoms with Crippen LogP contribution in [0.4, 0.5) is 4.39 Å². The number of hydrogen-bond acceptors (Lipinski definition) is 3. The average Bonchev–Trinajstić information content (AvgIpc) is 2.93. The Kier molecular flexibility index (Phi) is 3.52. The summed E-state index contributed by atoms with van der Waals surface area (Å²) in [6.45, 7) is 3.90. The molecule has 0 aliphatic carbocycles. The Balaban J connectivity index is 2.34. The van der Waals surface area contributed by atoms with Crippen LogP contribution in [0.15, 0.2) is 18.2 Å². The van der Waals surface area contributed by atoms with Gasteiger partial charge < -0.3 is 9.72 Å². The molecule has 0 atom stereocenters. The lowest BCUT2D eigenvalue weighted by Gasteiger charge is -1.98. The summed E-state index contributed by atoms with van der Waals surface area (Å²) in [6, 6.07) is 4.88. The van der Waals surface area contributed by atoms with Crippen molar-refractivity contribution < 1.29 is 13.9 Å². The van der Waals surface area contributed by atoms with Crippen molar-refractivity contribution in [3.63, 3.8) is 0 Å². The molecule has 0 saturated carbocycles. The predicted octanol–water partition coefficient (Wildman–Crippen LogP) is 3.79. The second kappa shape index (κ2) is 4.94. The molecule has 2 heterocycles. The van der Waals surface area contributed by atoms with Crippen LogP contribution >= 0.6 is 11.3 Å². The molecular formula is C13H14FNO2S. The lowest BCUT2D eigenvalue weighted by atomic mass is 10.2. The molecule has 2 aromatic rings. The van der Waals surface area contributed by atoms with Gasteiger partial charge in [-0.1, -0.05) is 13.8 Å². The summed E-state index contributed by atoms with van der Waals surface area (Å²) in [7, 11) is 1.32. The van der Waals surface area contributed by atoms with E-state index >= 15 is 0 Å². The minimum absolute atomic E-state index is 0.152. The van der Waals surface area contributed by atoms with Gasteiger partial charge in [0.15, 0.2) is 0 Å². The Bertz CT molecular complexity index is 571. The fourth-order valence-corrected chi connectivity index (χ4v) is 2.70. The zero-order valence-electron chi connectivity index (χ0n) is 10.4. The zero-order valence-corrected chi connectivity index (χ0v) is 11.2. The number of thiophene rings is 1. The molecule has 0 saturated heterocycles. The van der Waals surface area contributed by atoms with Gasteiger partial charge in [0.05, 0.1) is 17.7 Å². The molecule has 0 aliphatic heterocycles. The van der Waals surface area contributed by atoms with Gasteiger partial charge >= 0.3 is 5.97 Å². The summed E-state index contributed by atoms with van der Waals surface area (Å²) in [4.78, 5) is 15.7. The molecule has 2 aromatic heterocycles. The maximum absolute atomic E-state index is 13.7. The first-order valence-corrected chi connectivity index (χ1v) is 6.41. The number of carbonyl (C=O) groups is 1. The van der Waals surface area contributed by atoms with Crippen LogP contribution in [-0.4, -0.2) is 18.1 Å². The molecule has 0 unspecified atom stereocenters. The molecule has 0 aliphatic rings. The quantitative estimate of drug-likeness (QED) is 0.860. The van der Waals surface area contributed by atoms with Crippen molar-refractivity contribution in [3.05, 3.63) is 34.6 Å². The third-order valence-corrected chi connectivity index (χ3v) is 4.04. The number of H-pyrrole nitrogens is 1. The first-order chi connectivity index (χ1) is 8.52. The van der Waals surface area contributed by atoms with E-state index in [1.54, 1.807) is 12.1 Å². The third-order valence-electron chi connectivity index (χ3n) is 2.59. The van der Waals surface area contributed by atoms with Gasteiger partial charge in [-0.2, -0.15) is 0 Å².